The van der Waals surface area contributed by atoms with Crippen molar-refractivity contribution < 1.29 is 4.74 Å². The van der Waals surface area contributed by atoms with E-state index in [2.05, 4.69) is 17.2 Å². The Labute approximate surface area is 95.9 Å². The van der Waals surface area contributed by atoms with Crippen LogP contribution in [-0.2, 0) is 11.3 Å². The van der Waals surface area contributed by atoms with Gasteiger partial charge in [0.1, 0.15) is 0 Å². The number of thiazole rings is 1. The Morgan fingerprint density at radius 3 is 3.07 bits per heavy atom. The molecule has 0 fully saturated rings. The molecule has 1 heterocycles. The Balaban J connectivity index is 2.24. The Morgan fingerprint density at radius 1 is 1.60 bits per heavy atom. The van der Waals surface area contributed by atoms with E-state index in [0.29, 0.717) is 6.04 Å². The molecule has 0 saturated carbocycles. The van der Waals surface area contributed by atoms with Crippen LogP contribution in [0.3, 0.4) is 0 Å². The van der Waals surface area contributed by atoms with Crippen molar-refractivity contribution >= 4 is 11.3 Å². The van der Waals surface area contributed by atoms with Crippen molar-refractivity contribution in [1.82, 2.24) is 10.3 Å². The van der Waals surface area contributed by atoms with Gasteiger partial charge in [-0.05, 0) is 6.42 Å². The summed E-state index contributed by atoms with van der Waals surface area (Å²) in [4.78, 5) is 5.34. The van der Waals surface area contributed by atoms with Gasteiger partial charge in [-0.1, -0.05) is 19.8 Å². The van der Waals surface area contributed by atoms with Crippen molar-refractivity contribution in [2.75, 3.05) is 13.7 Å². The van der Waals surface area contributed by atoms with E-state index < -0.39 is 0 Å². The van der Waals surface area contributed by atoms with Crippen LogP contribution in [0.1, 0.15) is 31.1 Å². The monoisotopic (exact) mass is 228 g/mol. The van der Waals surface area contributed by atoms with Crippen molar-refractivity contribution in [3.05, 3.63) is 16.6 Å². The SMILES string of the molecule is CCCCC(COC)NCc1cncs1. The van der Waals surface area contributed by atoms with Gasteiger partial charge in [0.2, 0.25) is 0 Å². The molecule has 0 aliphatic heterocycles. The van der Waals surface area contributed by atoms with E-state index in [9.17, 15) is 0 Å². The summed E-state index contributed by atoms with van der Waals surface area (Å²) in [6.45, 7) is 3.91. The molecule has 0 aliphatic rings. The van der Waals surface area contributed by atoms with Crippen LogP contribution in [0.4, 0.5) is 0 Å². The first-order chi connectivity index (χ1) is 7.36. The quantitative estimate of drug-likeness (QED) is 0.742. The summed E-state index contributed by atoms with van der Waals surface area (Å²) in [5.74, 6) is 0. The standard InChI is InChI=1S/C11H20N2OS/c1-3-4-5-10(8-14-2)13-7-11-6-12-9-15-11/h6,9-10,13H,3-5,7-8H2,1-2H3. The van der Waals surface area contributed by atoms with Gasteiger partial charge in [-0.15, -0.1) is 11.3 Å². The summed E-state index contributed by atoms with van der Waals surface area (Å²) in [5.41, 5.74) is 1.87. The first-order valence-corrected chi connectivity index (χ1v) is 6.34. The molecule has 1 rings (SSSR count). The maximum absolute atomic E-state index is 5.20. The van der Waals surface area contributed by atoms with Gasteiger partial charge in [0.25, 0.3) is 0 Å². The molecule has 1 aromatic heterocycles. The largest absolute Gasteiger partial charge is 0.383 e. The minimum absolute atomic E-state index is 0.469. The number of aromatic nitrogens is 1. The van der Waals surface area contributed by atoms with Crippen molar-refractivity contribution in [2.45, 2.75) is 38.8 Å². The third-order valence-corrected chi connectivity index (χ3v) is 3.10. The van der Waals surface area contributed by atoms with Crippen molar-refractivity contribution in [1.29, 1.82) is 0 Å². The first kappa shape index (κ1) is 12.6. The Hall–Kier alpha value is -0.450. The second-order valence-electron chi connectivity index (χ2n) is 3.64. The molecule has 86 valence electrons. The molecule has 0 amide bonds. The zero-order chi connectivity index (χ0) is 10.9. The number of hydrogen-bond acceptors (Lipinski definition) is 4. The maximum Gasteiger partial charge on any atom is 0.0794 e. The zero-order valence-corrected chi connectivity index (χ0v) is 10.3. The Bertz CT molecular complexity index is 239. The average Bonchev–Trinajstić information content (AvgIpc) is 2.75. The minimum atomic E-state index is 0.469. The van der Waals surface area contributed by atoms with Gasteiger partial charge in [0.05, 0.1) is 12.1 Å². The highest BCUT2D eigenvalue weighted by atomic mass is 32.1. The van der Waals surface area contributed by atoms with Gasteiger partial charge < -0.3 is 10.1 Å². The van der Waals surface area contributed by atoms with E-state index in [4.69, 9.17) is 4.74 Å². The van der Waals surface area contributed by atoms with Crippen LogP contribution in [-0.4, -0.2) is 24.7 Å². The smallest absolute Gasteiger partial charge is 0.0794 e. The van der Waals surface area contributed by atoms with Crippen molar-refractivity contribution in [2.24, 2.45) is 0 Å². The van der Waals surface area contributed by atoms with Crippen LogP contribution in [0.15, 0.2) is 11.7 Å². The summed E-state index contributed by atoms with van der Waals surface area (Å²) in [5, 5.41) is 3.50. The Morgan fingerprint density at radius 2 is 2.47 bits per heavy atom. The number of unbranched alkanes of at least 4 members (excludes halogenated alkanes) is 1. The highest BCUT2D eigenvalue weighted by Crippen LogP contribution is 2.07. The van der Waals surface area contributed by atoms with Crippen LogP contribution >= 0.6 is 11.3 Å². The van der Waals surface area contributed by atoms with E-state index in [-0.39, 0.29) is 0 Å². The summed E-state index contributed by atoms with van der Waals surface area (Å²) >= 11 is 1.69. The molecule has 1 aromatic rings. The minimum Gasteiger partial charge on any atom is -0.383 e. The predicted molar refractivity (Wildman–Crippen MR) is 64.1 cm³/mol. The van der Waals surface area contributed by atoms with E-state index in [1.165, 1.54) is 24.1 Å². The van der Waals surface area contributed by atoms with Crippen molar-refractivity contribution in [3.8, 4) is 0 Å². The molecule has 0 aliphatic carbocycles. The highest BCUT2D eigenvalue weighted by molar-refractivity contribution is 7.09. The molecule has 3 nitrogen and oxygen atoms in total. The first-order valence-electron chi connectivity index (χ1n) is 5.46. The Kier molecular flexibility index (Phi) is 6.55. The van der Waals surface area contributed by atoms with Crippen LogP contribution in [0.2, 0.25) is 0 Å². The predicted octanol–water partition coefficient (Wildman–Crippen LogP) is 2.44. The van der Waals surface area contributed by atoms with Gasteiger partial charge in [0.15, 0.2) is 0 Å². The number of ether oxygens (including phenoxy) is 1. The van der Waals surface area contributed by atoms with Crippen LogP contribution in [0.5, 0.6) is 0 Å². The molecular formula is C11H20N2OS. The van der Waals surface area contributed by atoms with Gasteiger partial charge in [-0.25, -0.2) is 0 Å². The number of methoxy groups -OCH3 is 1. The van der Waals surface area contributed by atoms with Gasteiger partial charge >= 0.3 is 0 Å². The fourth-order valence-corrected chi connectivity index (χ4v) is 2.02. The zero-order valence-electron chi connectivity index (χ0n) is 9.53. The van der Waals surface area contributed by atoms with E-state index in [1.807, 2.05) is 11.7 Å². The van der Waals surface area contributed by atoms with Crippen LogP contribution in [0, 0.1) is 0 Å². The average molecular weight is 228 g/mol. The fraction of sp³-hybridized carbons (Fsp3) is 0.727. The number of hydrogen-bond donors (Lipinski definition) is 1. The molecule has 1 N–H and O–H groups in total. The lowest BCUT2D eigenvalue weighted by Gasteiger charge is -2.16. The second-order valence-corrected chi connectivity index (χ2v) is 4.61. The summed E-state index contributed by atoms with van der Waals surface area (Å²) in [6.07, 6.45) is 5.59. The van der Waals surface area contributed by atoms with Gasteiger partial charge in [-0.2, -0.15) is 0 Å². The van der Waals surface area contributed by atoms with Crippen LogP contribution < -0.4 is 5.32 Å². The molecule has 0 bridgehead atoms. The molecule has 4 heteroatoms. The van der Waals surface area contributed by atoms with Gasteiger partial charge in [0, 0.05) is 30.8 Å². The van der Waals surface area contributed by atoms with E-state index in [0.717, 1.165) is 13.2 Å². The van der Waals surface area contributed by atoms with Gasteiger partial charge in [-0.3, -0.25) is 4.98 Å². The number of nitrogens with one attached hydrogen (secondary N) is 1. The summed E-state index contributed by atoms with van der Waals surface area (Å²) < 4.78 is 5.20. The number of rotatable bonds is 8. The lowest BCUT2D eigenvalue weighted by atomic mass is 10.1. The van der Waals surface area contributed by atoms with E-state index in [1.54, 1.807) is 18.4 Å². The summed E-state index contributed by atoms with van der Waals surface area (Å²) in [6, 6.07) is 0.469. The lowest BCUT2D eigenvalue weighted by Crippen LogP contribution is -2.32. The fourth-order valence-electron chi connectivity index (χ4n) is 1.47. The highest BCUT2D eigenvalue weighted by Gasteiger charge is 2.07. The normalized spacial score (nSPS) is 12.9. The lowest BCUT2D eigenvalue weighted by molar-refractivity contribution is 0.161. The molecule has 1 unspecified atom stereocenters. The van der Waals surface area contributed by atoms with Crippen LogP contribution in [0.25, 0.3) is 0 Å². The molecule has 0 radical (unpaired) electrons. The molecule has 0 saturated heterocycles. The van der Waals surface area contributed by atoms with E-state index >= 15 is 0 Å². The molecule has 0 spiro atoms. The van der Waals surface area contributed by atoms with Crippen molar-refractivity contribution in [3.63, 3.8) is 0 Å². The topological polar surface area (TPSA) is 34.1 Å². The third-order valence-electron chi connectivity index (χ3n) is 2.32. The number of nitrogens with zero attached hydrogens (tertiary/aromatic N) is 1. The molecule has 1 atom stereocenters. The maximum atomic E-state index is 5.20. The molecule has 15 heavy (non-hydrogen) atoms. The molecule has 0 aromatic carbocycles. The molecular weight excluding hydrogens is 208 g/mol. The second kappa shape index (κ2) is 7.79. The third kappa shape index (κ3) is 5.25. The summed E-state index contributed by atoms with van der Waals surface area (Å²) in [7, 11) is 1.76.